The molecule has 0 saturated heterocycles. The van der Waals surface area contributed by atoms with E-state index >= 15 is 0 Å². The van der Waals surface area contributed by atoms with Crippen LogP contribution in [0.4, 0.5) is 0 Å². The minimum atomic E-state index is 0.479. The smallest absolute Gasteiger partial charge is 0.182 e. The van der Waals surface area contributed by atoms with Crippen molar-refractivity contribution in [2.45, 2.75) is 13.5 Å². The lowest BCUT2D eigenvalue weighted by molar-refractivity contribution is 0.311. The predicted octanol–water partition coefficient (Wildman–Crippen LogP) is 0.706. The Kier molecular flexibility index (Phi) is 4.30. The molecule has 2 rings (SSSR count). The van der Waals surface area contributed by atoms with Crippen molar-refractivity contribution in [1.82, 2.24) is 20.2 Å². The number of methoxy groups -OCH3 is 1. The molecule has 0 aliphatic carbocycles. The number of nitrogens with two attached hydrogens (primary N) is 1. The first kappa shape index (κ1) is 13.3. The maximum atomic E-state index is 5.54. The summed E-state index contributed by atoms with van der Waals surface area (Å²) in [5.41, 5.74) is 6.39. The lowest BCUT2D eigenvalue weighted by Crippen LogP contribution is -2.12. The van der Waals surface area contributed by atoms with Crippen LogP contribution < -0.4 is 15.2 Å². The second kappa shape index (κ2) is 6.14. The molecule has 0 atom stereocenters. The van der Waals surface area contributed by atoms with Gasteiger partial charge in [-0.1, -0.05) is 0 Å². The third-order valence-electron chi connectivity index (χ3n) is 2.59. The van der Waals surface area contributed by atoms with Gasteiger partial charge in [0.05, 0.1) is 20.3 Å². The van der Waals surface area contributed by atoms with Gasteiger partial charge in [-0.15, -0.1) is 5.10 Å². The number of rotatable bonds is 6. The molecule has 0 bridgehead atoms. The first-order chi connectivity index (χ1) is 9.30. The van der Waals surface area contributed by atoms with E-state index in [0.29, 0.717) is 37.0 Å². The molecule has 7 nitrogen and oxygen atoms in total. The third kappa shape index (κ3) is 2.82. The molecule has 1 aromatic carbocycles. The summed E-state index contributed by atoms with van der Waals surface area (Å²) in [6, 6.07) is 5.59. The fourth-order valence-corrected chi connectivity index (χ4v) is 1.77. The highest BCUT2D eigenvalue weighted by Gasteiger charge is 2.12. The molecule has 0 radical (unpaired) electrons. The Morgan fingerprint density at radius 2 is 2.16 bits per heavy atom. The topological polar surface area (TPSA) is 88.1 Å². The van der Waals surface area contributed by atoms with Crippen LogP contribution >= 0.6 is 0 Å². The molecule has 0 saturated carbocycles. The number of hydrogen-bond donors (Lipinski definition) is 1. The molecule has 1 aromatic heterocycles. The summed E-state index contributed by atoms with van der Waals surface area (Å²) in [5.74, 6) is 2.02. The average Bonchev–Trinajstić information content (AvgIpc) is 2.88. The van der Waals surface area contributed by atoms with Crippen LogP contribution in [0, 0.1) is 0 Å². The highest BCUT2D eigenvalue weighted by Crippen LogP contribution is 2.31. The molecule has 0 aliphatic rings. The molecule has 0 amide bonds. The van der Waals surface area contributed by atoms with Crippen LogP contribution in [-0.4, -0.2) is 40.5 Å². The molecule has 0 spiro atoms. The highest BCUT2D eigenvalue weighted by molar-refractivity contribution is 5.60. The van der Waals surface area contributed by atoms with Gasteiger partial charge in [-0.25, -0.2) is 4.68 Å². The zero-order valence-corrected chi connectivity index (χ0v) is 11.0. The molecule has 2 N–H and O–H groups in total. The quantitative estimate of drug-likeness (QED) is 0.825. The van der Waals surface area contributed by atoms with Gasteiger partial charge in [0, 0.05) is 12.1 Å². The Balaban J connectivity index is 2.39. The second-order valence-corrected chi connectivity index (χ2v) is 3.81. The van der Waals surface area contributed by atoms with Crippen LogP contribution in [0.1, 0.15) is 6.92 Å². The van der Waals surface area contributed by atoms with Gasteiger partial charge in [0.25, 0.3) is 0 Å². The summed E-state index contributed by atoms with van der Waals surface area (Å²) in [6.45, 7) is 3.53. The Morgan fingerprint density at radius 1 is 1.32 bits per heavy atom. The first-order valence-corrected chi connectivity index (χ1v) is 6.07. The Labute approximate surface area is 111 Å². The molecule has 7 heteroatoms. The van der Waals surface area contributed by atoms with Crippen LogP contribution in [0.2, 0.25) is 0 Å². The van der Waals surface area contributed by atoms with Gasteiger partial charge in [-0.2, -0.15) is 0 Å². The van der Waals surface area contributed by atoms with E-state index in [1.807, 2.05) is 25.1 Å². The van der Waals surface area contributed by atoms with Crippen molar-refractivity contribution in [2.24, 2.45) is 5.73 Å². The lowest BCUT2D eigenvalue weighted by atomic mass is 10.2. The van der Waals surface area contributed by atoms with Crippen LogP contribution in [0.5, 0.6) is 11.5 Å². The van der Waals surface area contributed by atoms with Crippen molar-refractivity contribution < 1.29 is 9.47 Å². The zero-order chi connectivity index (χ0) is 13.7. The van der Waals surface area contributed by atoms with Crippen LogP contribution in [0.3, 0.4) is 0 Å². The largest absolute Gasteiger partial charge is 0.493 e. The first-order valence-electron chi connectivity index (χ1n) is 6.07. The van der Waals surface area contributed by atoms with Gasteiger partial charge >= 0.3 is 0 Å². The van der Waals surface area contributed by atoms with E-state index in [1.54, 1.807) is 11.8 Å². The fraction of sp³-hybridized carbons (Fsp3) is 0.417. The van der Waals surface area contributed by atoms with Crippen LogP contribution in [0.25, 0.3) is 11.4 Å². The minimum absolute atomic E-state index is 0.479. The van der Waals surface area contributed by atoms with E-state index in [0.717, 1.165) is 5.56 Å². The molecule has 0 aliphatic heterocycles. The molecule has 19 heavy (non-hydrogen) atoms. The fourth-order valence-electron chi connectivity index (χ4n) is 1.77. The lowest BCUT2D eigenvalue weighted by Gasteiger charge is -2.10. The molecule has 102 valence electrons. The van der Waals surface area contributed by atoms with E-state index in [2.05, 4.69) is 15.5 Å². The van der Waals surface area contributed by atoms with Crippen molar-refractivity contribution in [3.63, 3.8) is 0 Å². The molecular weight excluding hydrogens is 246 g/mol. The summed E-state index contributed by atoms with van der Waals surface area (Å²) in [5, 5.41) is 11.6. The standard InChI is InChI=1S/C12H17N5O2/c1-3-19-11-8-9(4-5-10(11)18-2)12-14-15-16-17(12)7-6-13/h4-5,8H,3,6-7,13H2,1-2H3. The van der Waals surface area contributed by atoms with Gasteiger partial charge in [0.1, 0.15) is 0 Å². The van der Waals surface area contributed by atoms with E-state index in [-0.39, 0.29) is 0 Å². The summed E-state index contributed by atoms with van der Waals surface area (Å²) in [4.78, 5) is 0. The number of ether oxygens (including phenoxy) is 2. The van der Waals surface area contributed by atoms with E-state index in [1.165, 1.54) is 0 Å². The number of benzene rings is 1. The molecule has 1 heterocycles. The van der Waals surface area contributed by atoms with Crippen molar-refractivity contribution in [3.05, 3.63) is 18.2 Å². The number of hydrogen-bond acceptors (Lipinski definition) is 6. The van der Waals surface area contributed by atoms with Gasteiger partial charge < -0.3 is 15.2 Å². The zero-order valence-electron chi connectivity index (χ0n) is 11.0. The van der Waals surface area contributed by atoms with Gasteiger partial charge in [0.2, 0.25) is 0 Å². The highest BCUT2D eigenvalue weighted by atomic mass is 16.5. The average molecular weight is 263 g/mol. The SMILES string of the molecule is CCOc1cc(-c2nnnn2CCN)ccc1OC. The molecule has 0 fully saturated rings. The van der Waals surface area contributed by atoms with Crippen molar-refractivity contribution in [1.29, 1.82) is 0 Å². The van der Waals surface area contributed by atoms with Crippen molar-refractivity contribution in [2.75, 3.05) is 20.3 Å². The monoisotopic (exact) mass is 263 g/mol. The maximum Gasteiger partial charge on any atom is 0.182 e. The van der Waals surface area contributed by atoms with Crippen molar-refractivity contribution in [3.8, 4) is 22.9 Å². The van der Waals surface area contributed by atoms with Crippen LogP contribution in [-0.2, 0) is 6.54 Å². The summed E-state index contributed by atoms with van der Waals surface area (Å²) in [6.07, 6.45) is 0. The Bertz CT molecular complexity index is 541. The van der Waals surface area contributed by atoms with Crippen LogP contribution in [0.15, 0.2) is 18.2 Å². The number of nitrogens with zero attached hydrogens (tertiary/aromatic N) is 4. The minimum Gasteiger partial charge on any atom is -0.493 e. The molecule has 2 aromatic rings. The van der Waals surface area contributed by atoms with Gasteiger partial charge in [-0.05, 0) is 35.5 Å². The molecular formula is C12H17N5O2. The summed E-state index contributed by atoms with van der Waals surface area (Å²) >= 11 is 0. The number of tetrazole rings is 1. The van der Waals surface area contributed by atoms with E-state index in [9.17, 15) is 0 Å². The number of aromatic nitrogens is 4. The van der Waals surface area contributed by atoms with Gasteiger partial charge in [0.15, 0.2) is 17.3 Å². The van der Waals surface area contributed by atoms with E-state index in [4.69, 9.17) is 15.2 Å². The van der Waals surface area contributed by atoms with Gasteiger partial charge in [-0.3, -0.25) is 0 Å². The normalized spacial score (nSPS) is 10.5. The Morgan fingerprint density at radius 3 is 2.84 bits per heavy atom. The predicted molar refractivity (Wildman–Crippen MR) is 70.0 cm³/mol. The van der Waals surface area contributed by atoms with Crippen molar-refractivity contribution >= 4 is 0 Å². The third-order valence-corrected chi connectivity index (χ3v) is 2.59. The summed E-state index contributed by atoms with van der Waals surface area (Å²) in [7, 11) is 1.61. The second-order valence-electron chi connectivity index (χ2n) is 3.81. The Hall–Kier alpha value is -2.15. The molecule has 0 unspecified atom stereocenters. The summed E-state index contributed by atoms with van der Waals surface area (Å²) < 4.78 is 12.4. The van der Waals surface area contributed by atoms with E-state index < -0.39 is 0 Å². The maximum absolute atomic E-state index is 5.54.